The van der Waals surface area contributed by atoms with E-state index in [1.165, 1.54) is 60.8 Å². The van der Waals surface area contributed by atoms with Gasteiger partial charge in [-0.25, -0.2) is 18.4 Å². The van der Waals surface area contributed by atoms with E-state index in [4.69, 9.17) is 9.47 Å². The molecule has 0 radical (unpaired) electrons. The summed E-state index contributed by atoms with van der Waals surface area (Å²) in [5, 5.41) is 0. The topological polar surface area (TPSA) is 94.9 Å². The van der Waals surface area contributed by atoms with Crippen molar-refractivity contribution < 1.29 is 46.2 Å². The number of Topliss-reactive ketones (excluding diaryl/α,β-unsaturated/α-hetero) is 1. The SMILES string of the molecule is CC(C)C(=O)C1(F)C#CCCCCC1.CC(C)C(=O)N1Cc2ccccc2C#Cc2ccccc21.CC(C)C1C#CCCCCC1.CC(C)C1C2CCC#CCCC21.CC(C)C1CCC#CC(C)(F)CC1.CC(C)C1CCCCC#CC1(F)F.CC(C)C1Cc2ccccc2C#Cc2ccccc21.CC(C)n1c(C(=O)OC(C)(C)C)c2c(c1C(=O)OC(C)(C)C)CCC#CCC2. The number of rotatable bonds is 11. The predicted molar refractivity (Wildman–Crippen MR) is 534 cm³/mol. The van der Waals surface area contributed by atoms with Gasteiger partial charge in [0.05, 0.1) is 12.2 Å². The average Bonchev–Trinajstić information content (AvgIpc) is 1.61. The Morgan fingerprint density at radius 2 is 0.916 bits per heavy atom. The maximum absolute atomic E-state index is 14.1. The van der Waals surface area contributed by atoms with Gasteiger partial charge in [0, 0.05) is 110 Å². The van der Waals surface area contributed by atoms with Crippen LogP contribution in [0.5, 0.6) is 0 Å². The third kappa shape index (κ3) is 34.8. The number of esters is 2. The van der Waals surface area contributed by atoms with Gasteiger partial charge in [-0.15, -0.1) is 29.6 Å². The van der Waals surface area contributed by atoms with Crippen molar-refractivity contribution in [3.05, 3.63) is 159 Å². The number of benzene rings is 4. The Hall–Kier alpha value is -9.56. The van der Waals surface area contributed by atoms with Gasteiger partial charge in [-0.1, -0.05) is 249 Å². The first-order chi connectivity index (χ1) is 62.0. The van der Waals surface area contributed by atoms with Crippen LogP contribution in [-0.4, -0.2) is 56.7 Å². The molecule has 1 saturated carbocycles. The summed E-state index contributed by atoms with van der Waals surface area (Å²) < 4.78 is 67.7. The number of halogens is 4. The fourth-order valence-electron chi connectivity index (χ4n) is 18.5. The standard InChI is InChI=1S/C23H33NO4.C19H17NO.C19H18.C12H17FO.C12H19F.C12H18.C11H16F2.C11H18/c1-15(2)24-18(20(25)27-22(3,4)5)16-13-11-9-10-12-14-17(16)19(24)21(26)28-23(6,7)8;1-14(2)19(21)20-13-17-9-4-3-7-15(17)11-12-16-8-5-6-10-18(16)20;1-14(2)19-13-17-9-4-3-7-15(17)11-12-16-8-5-6-10-18(16)19;1-10(2)11(14)12(13)8-6-4-3-5-7-9-12;1-10(2)11-6-4-5-8-12(3,13)9-7-11;1-9(2)12-10-7-5-3-4-6-8-11(10)12;1-9(2)10-7-5-3-4-6-8-11(10,12)13;1-10(2)11-8-6-4-3-5-7-9-11/h15H,11-14H2,1-8H3;3-10,14H,13H2,1-2H3;3-10,14,19H,13H2,1-2H3;10H,3-6,8H2,1-2H3;10-11H,4,6-7,9H2,1-3H3;9-12H,5-8H2,1-2H3;9-10H,3-5,7H2,1-2H3;10-11H,3-6,8H2,1-2H3. The van der Waals surface area contributed by atoms with Crippen LogP contribution >= 0.6 is 0 Å². The molecule has 0 saturated heterocycles. The molecule has 14 rings (SSSR count). The first-order valence-electron chi connectivity index (χ1n) is 49.6. The van der Waals surface area contributed by atoms with Gasteiger partial charge >= 0.3 is 17.9 Å². The summed E-state index contributed by atoms with van der Waals surface area (Å²) in [7, 11) is 0. The number of carbonyl (C=O) groups excluding carboxylic acids is 4. The van der Waals surface area contributed by atoms with Crippen molar-refractivity contribution in [2.24, 2.45) is 76.9 Å². The number of aromatic nitrogens is 1. The van der Waals surface area contributed by atoms with E-state index in [-0.39, 0.29) is 41.9 Å². The number of carbonyl (C=O) groups is 4. The number of ketones is 1. The van der Waals surface area contributed by atoms with Gasteiger partial charge in [0.2, 0.25) is 11.6 Å². The second-order valence-corrected chi connectivity index (χ2v) is 41.7. The minimum atomic E-state index is -2.77. The van der Waals surface area contributed by atoms with Crippen molar-refractivity contribution in [2.45, 2.75) is 380 Å². The highest BCUT2D eigenvalue weighted by atomic mass is 19.3. The lowest BCUT2D eigenvalue weighted by molar-refractivity contribution is -0.130. The molecule has 8 aliphatic carbocycles. The largest absolute Gasteiger partial charge is 0.455 e. The molecular formula is C119H156F4N2O6. The quantitative estimate of drug-likeness (QED) is 0.0743. The Bertz CT molecular complexity index is 5050. The molecule has 1 fully saturated rings. The number of ether oxygens (including phenoxy) is 2. The van der Waals surface area contributed by atoms with Crippen LogP contribution in [0.15, 0.2) is 97.1 Å². The van der Waals surface area contributed by atoms with Crippen LogP contribution in [0, 0.1) is 172 Å². The summed E-state index contributed by atoms with van der Waals surface area (Å²) in [6.45, 7) is 46.5. The second-order valence-electron chi connectivity index (χ2n) is 41.7. The van der Waals surface area contributed by atoms with Crippen LogP contribution in [0.25, 0.3) is 0 Å². The molecular weight excluding hydrogens is 1630 g/mol. The van der Waals surface area contributed by atoms with Gasteiger partial charge < -0.3 is 18.9 Å². The molecule has 1 aromatic heterocycles. The van der Waals surface area contributed by atoms with E-state index in [9.17, 15) is 36.7 Å². The number of fused-ring (bicyclic) bond motifs is 6. The third-order valence-corrected chi connectivity index (χ3v) is 25.8. The molecule has 131 heavy (non-hydrogen) atoms. The predicted octanol–water partition coefficient (Wildman–Crippen LogP) is 29.1. The number of amides is 1. The van der Waals surface area contributed by atoms with E-state index in [0.717, 1.165) is 147 Å². The minimum absolute atomic E-state index is 0.0161. The van der Waals surface area contributed by atoms with E-state index < -0.39 is 46.3 Å². The van der Waals surface area contributed by atoms with Crippen molar-refractivity contribution in [3.8, 4) is 94.7 Å². The molecule has 1 amide bonds. The number of nitrogens with zero attached hydrogens (tertiary/aromatic N) is 2. The van der Waals surface area contributed by atoms with Crippen molar-refractivity contribution >= 4 is 29.3 Å². The Morgan fingerprint density at radius 1 is 0.435 bits per heavy atom. The summed E-state index contributed by atoms with van der Waals surface area (Å²) in [6, 6.07) is 32.9. The van der Waals surface area contributed by atoms with E-state index in [2.05, 4.69) is 199 Å². The van der Waals surface area contributed by atoms with Crippen LogP contribution in [0.3, 0.4) is 0 Å². The first-order valence-corrected chi connectivity index (χ1v) is 49.6. The lowest BCUT2D eigenvalue weighted by atomic mass is 9.79. The molecule has 0 spiro atoms. The van der Waals surface area contributed by atoms with Gasteiger partial charge in [-0.3, -0.25) is 9.59 Å². The number of hydrogen-bond acceptors (Lipinski definition) is 6. The monoisotopic (exact) mass is 1790 g/mol. The van der Waals surface area contributed by atoms with Gasteiger partial charge in [-0.2, -0.15) is 8.78 Å². The smallest absolute Gasteiger partial charge is 0.355 e. The molecule has 2 heterocycles. The van der Waals surface area contributed by atoms with Gasteiger partial charge in [0.15, 0.2) is 11.5 Å². The zero-order chi connectivity index (χ0) is 96.4. The van der Waals surface area contributed by atoms with Crippen molar-refractivity contribution in [3.63, 3.8) is 0 Å². The normalized spacial score (nSPS) is 22.3. The highest BCUT2D eigenvalue weighted by molar-refractivity contribution is 5.98. The zero-order valence-electron chi connectivity index (χ0n) is 84.1. The molecule has 5 aromatic rings. The minimum Gasteiger partial charge on any atom is -0.455 e. The molecule has 1 aliphatic heterocycles. The number of hydrogen-bond donors (Lipinski definition) is 0. The maximum Gasteiger partial charge on any atom is 0.355 e. The van der Waals surface area contributed by atoms with E-state index in [0.29, 0.717) is 92.5 Å². The summed E-state index contributed by atoms with van der Waals surface area (Å²) in [5.41, 5.74) is 7.36. The highest BCUT2D eigenvalue weighted by Crippen LogP contribution is 2.56. The summed E-state index contributed by atoms with van der Waals surface area (Å²) in [4.78, 5) is 52.4. The summed E-state index contributed by atoms with van der Waals surface area (Å²) in [6.07, 6.45) is 25.7. The Morgan fingerprint density at radius 3 is 1.46 bits per heavy atom. The fourth-order valence-corrected chi connectivity index (χ4v) is 18.5. The van der Waals surface area contributed by atoms with Crippen molar-refractivity contribution in [2.75, 3.05) is 4.90 Å². The Kier molecular flexibility index (Phi) is 43.2. The molecule has 12 heteroatoms. The zero-order valence-corrected chi connectivity index (χ0v) is 84.1. The van der Waals surface area contributed by atoms with Crippen LogP contribution in [0.1, 0.15) is 396 Å². The molecule has 4 aromatic carbocycles. The van der Waals surface area contributed by atoms with E-state index in [1.54, 1.807) is 25.3 Å². The van der Waals surface area contributed by atoms with Gasteiger partial charge in [-0.05, 0) is 275 Å². The van der Waals surface area contributed by atoms with Crippen molar-refractivity contribution in [1.82, 2.24) is 4.57 Å². The number of para-hydroxylation sites is 1. The fraction of sp³-hybridized carbons (Fsp3) is 0.597. The van der Waals surface area contributed by atoms with Crippen molar-refractivity contribution in [1.29, 1.82) is 0 Å². The summed E-state index contributed by atoms with van der Waals surface area (Å²) >= 11 is 0. The Balaban J connectivity index is 0.000000209. The molecule has 0 N–H and O–H groups in total. The average molecular weight is 1790 g/mol. The van der Waals surface area contributed by atoms with Crippen LogP contribution < -0.4 is 4.90 Å². The molecule has 8 atom stereocenters. The maximum atomic E-state index is 14.1. The highest BCUT2D eigenvalue weighted by Gasteiger charge is 2.50. The van der Waals surface area contributed by atoms with Gasteiger partial charge in [0.1, 0.15) is 22.6 Å². The number of anilines is 1. The summed E-state index contributed by atoms with van der Waals surface area (Å²) in [5.74, 6) is 51.4. The van der Waals surface area contributed by atoms with E-state index >= 15 is 0 Å². The molecule has 0 bridgehead atoms. The first kappa shape index (κ1) is 108. The molecule has 8 nitrogen and oxygen atoms in total. The third-order valence-electron chi connectivity index (χ3n) is 25.8. The molecule has 9 aliphatic rings. The van der Waals surface area contributed by atoms with Crippen LogP contribution in [-0.2, 0) is 44.9 Å². The van der Waals surface area contributed by atoms with Crippen LogP contribution in [0.2, 0.25) is 0 Å². The molecule has 706 valence electrons. The van der Waals surface area contributed by atoms with Crippen LogP contribution in [0.4, 0.5) is 23.2 Å². The van der Waals surface area contributed by atoms with E-state index in [1.807, 2.05) is 137 Å². The number of alkyl halides is 4. The second kappa shape index (κ2) is 52.2. The van der Waals surface area contributed by atoms with Gasteiger partial charge in [0.25, 0.3) is 0 Å². The lowest BCUT2D eigenvalue weighted by Gasteiger charge is -2.27. The Labute approximate surface area is 790 Å². The molecule has 8 unspecified atom stereocenters. The lowest BCUT2D eigenvalue weighted by Crippen LogP contribution is -2.36.